The van der Waals surface area contributed by atoms with Gasteiger partial charge in [0.2, 0.25) is 5.91 Å². The number of amides is 1. The van der Waals surface area contributed by atoms with Crippen LogP contribution in [0.15, 0.2) is 18.2 Å². The number of aliphatic hydroxyl groups excluding tert-OH is 1. The van der Waals surface area contributed by atoms with Crippen molar-refractivity contribution in [3.8, 4) is 0 Å². The number of carbonyl (C=O) groups is 1. The van der Waals surface area contributed by atoms with Gasteiger partial charge in [-0.05, 0) is 57.7 Å². The minimum absolute atomic E-state index is 0.0815. The Labute approximate surface area is 152 Å². The van der Waals surface area contributed by atoms with Crippen molar-refractivity contribution in [2.24, 2.45) is 0 Å². The third-order valence-electron chi connectivity index (χ3n) is 5.18. The number of aryl methyl sites for hydroxylation is 2. The van der Waals surface area contributed by atoms with Crippen molar-refractivity contribution in [1.82, 2.24) is 4.90 Å². The van der Waals surface area contributed by atoms with Crippen LogP contribution in [-0.4, -0.2) is 41.1 Å². The Morgan fingerprint density at radius 3 is 2.48 bits per heavy atom. The van der Waals surface area contributed by atoms with E-state index in [1.54, 1.807) is 0 Å². The Kier molecular flexibility index (Phi) is 7.91. The van der Waals surface area contributed by atoms with Crippen LogP contribution >= 0.6 is 0 Å². The van der Waals surface area contributed by atoms with Crippen molar-refractivity contribution < 1.29 is 9.90 Å². The molecule has 0 spiro atoms. The molecule has 140 valence electrons. The quantitative estimate of drug-likeness (QED) is 0.747. The number of hydrogen-bond donors (Lipinski definition) is 2. The molecule has 2 rings (SSSR count). The first-order valence-electron chi connectivity index (χ1n) is 9.75. The van der Waals surface area contributed by atoms with E-state index in [1.807, 2.05) is 39.0 Å². The lowest BCUT2D eigenvalue weighted by Crippen LogP contribution is -2.41. The highest BCUT2D eigenvalue weighted by Gasteiger charge is 2.22. The van der Waals surface area contributed by atoms with Crippen molar-refractivity contribution >= 4 is 11.6 Å². The van der Waals surface area contributed by atoms with Gasteiger partial charge in [0.1, 0.15) is 0 Å². The van der Waals surface area contributed by atoms with E-state index in [0.717, 1.165) is 29.8 Å². The number of carbonyl (C=O) groups excluding carboxylic acids is 1. The number of para-hydroxylation sites is 1. The summed E-state index contributed by atoms with van der Waals surface area (Å²) in [5.41, 5.74) is 3.15. The van der Waals surface area contributed by atoms with Gasteiger partial charge in [-0.3, -0.25) is 9.69 Å². The highest BCUT2D eigenvalue weighted by Crippen LogP contribution is 2.23. The molecule has 0 aliphatic heterocycles. The maximum absolute atomic E-state index is 12.3. The Hall–Kier alpha value is -1.39. The van der Waals surface area contributed by atoms with E-state index >= 15 is 0 Å². The molecule has 1 aromatic carbocycles. The number of aliphatic hydroxyl groups is 1. The van der Waals surface area contributed by atoms with Gasteiger partial charge in [-0.25, -0.2) is 0 Å². The fourth-order valence-electron chi connectivity index (χ4n) is 3.86. The minimum atomic E-state index is -0.314. The second kappa shape index (κ2) is 9.93. The summed E-state index contributed by atoms with van der Waals surface area (Å²) in [6, 6.07) is 6.63. The molecule has 0 bridgehead atoms. The van der Waals surface area contributed by atoms with Crippen molar-refractivity contribution in [2.75, 3.05) is 18.4 Å². The number of rotatable bonds is 8. The van der Waals surface area contributed by atoms with Crippen LogP contribution in [0, 0.1) is 13.8 Å². The largest absolute Gasteiger partial charge is 0.392 e. The van der Waals surface area contributed by atoms with E-state index in [-0.39, 0.29) is 12.0 Å². The zero-order valence-corrected chi connectivity index (χ0v) is 16.1. The topological polar surface area (TPSA) is 52.6 Å². The molecule has 0 aromatic heterocycles. The molecule has 0 heterocycles. The first-order chi connectivity index (χ1) is 12.0. The number of anilines is 1. The predicted octanol–water partition coefficient (Wildman–Crippen LogP) is 4.04. The lowest BCUT2D eigenvalue weighted by atomic mass is 9.93. The average Bonchev–Trinajstić information content (AvgIpc) is 2.58. The fourth-order valence-corrected chi connectivity index (χ4v) is 3.86. The molecule has 4 heteroatoms. The maximum Gasteiger partial charge on any atom is 0.224 e. The Morgan fingerprint density at radius 1 is 1.24 bits per heavy atom. The van der Waals surface area contributed by atoms with Gasteiger partial charge in [0.05, 0.1) is 6.10 Å². The lowest BCUT2D eigenvalue weighted by molar-refractivity contribution is -0.116. The van der Waals surface area contributed by atoms with Crippen molar-refractivity contribution in [3.63, 3.8) is 0 Å². The molecule has 4 nitrogen and oxygen atoms in total. The second-order valence-electron chi connectivity index (χ2n) is 7.55. The molecule has 25 heavy (non-hydrogen) atoms. The number of hydrogen-bond acceptors (Lipinski definition) is 3. The van der Waals surface area contributed by atoms with Crippen LogP contribution in [-0.2, 0) is 4.79 Å². The highest BCUT2D eigenvalue weighted by molar-refractivity contribution is 5.92. The van der Waals surface area contributed by atoms with Crippen molar-refractivity contribution in [3.05, 3.63) is 29.3 Å². The summed E-state index contributed by atoms with van der Waals surface area (Å²) in [5.74, 6) is 0.0815. The Morgan fingerprint density at radius 2 is 1.88 bits per heavy atom. The summed E-state index contributed by atoms with van der Waals surface area (Å²) in [6.45, 7) is 7.49. The average molecular weight is 347 g/mol. The van der Waals surface area contributed by atoms with Gasteiger partial charge in [-0.15, -0.1) is 0 Å². The normalized spacial score (nSPS) is 16.8. The van der Waals surface area contributed by atoms with E-state index in [2.05, 4.69) is 10.2 Å². The van der Waals surface area contributed by atoms with Gasteiger partial charge >= 0.3 is 0 Å². The molecule has 1 fully saturated rings. The van der Waals surface area contributed by atoms with Gasteiger partial charge in [-0.2, -0.15) is 0 Å². The zero-order chi connectivity index (χ0) is 18.2. The van der Waals surface area contributed by atoms with Gasteiger partial charge in [0.15, 0.2) is 0 Å². The molecular weight excluding hydrogens is 312 g/mol. The first kappa shape index (κ1) is 19.9. The number of nitrogens with one attached hydrogen (secondary N) is 1. The molecule has 0 radical (unpaired) electrons. The number of benzene rings is 1. The van der Waals surface area contributed by atoms with Crippen LogP contribution < -0.4 is 5.32 Å². The SMILES string of the molecule is Cc1cccc(C)c1NC(=O)CCCN(CC(C)O)C1CCCCC1. The predicted molar refractivity (Wildman–Crippen MR) is 104 cm³/mol. The van der Waals surface area contributed by atoms with Crippen LogP contribution in [0.5, 0.6) is 0 Å². The fraction of sp³-hybridized carbons (Fsp3) is 0.667. The molecule has 1 aliphatic carbocycles. The zero-order valence-electron chi connectivity index (χ0n) is 16.1. The first-order valence-corrected chi connectivity index (χ1v) is 9.75. The third-order valence-corrected chi connectivity index (χ3v) is 5.18. The van der Waals surface area contributed by atoms with Crippen LogP contribution in [0.1, 0.15) is 63.0 Å². The van der Waals surface area contributed by atoms with Crippen LogP contribution in [0.25, 0.3) is 0 Å². The minimum Gasteiger partial charge on any atom is -0.392 e. The summed E-state index contributed by atoms with van der Waals surface area (Å²) in [5, 5.41) is 12.9. The molecule has 1 saturated carbocycles. The van der Waals surface area contributed by atoms with E-state index in [0.29, 0.717) is 19.0 Å². The summed E-state index contributed by atoms with van der Waals surface area (Å²) >= 11 is 0. The lowest BCUT2D eigenvalue weighted by Gasteiger charge is -2.35. The molecule has 1 atom stereocenters. The standard InChI is InChI=1S/C21H34N2O2/c1-16-9-7-10-17(2)21(16)22-20(25)13-8-14-23(15-18(3)24)19-11-5-4-6-12-19/h7,9-10,18-19,24H,4-6,8,11-15H2,1-3H3,(H,22,25). The van der Waals surface area contributed by atoms with E-state index in [1.165, 1.54) is 32.1 Å². The summed E-state index contributed by atoms with van der Waals surface area (Å²) in [6.07, 6.45) is 7.39. The Bertz CT molecular complexity index is 531. The smallest absolute Gasteiger partial charge is 0.224 e. The van der Waals surface area contributed by atoms with Gasteiger partial charge < -0.3 is 10.4 Å². The third kappa shape index (κ3) is 6.44. The van der Waals surface area contributed by atoms with Crippen molar-refractivity contribution in [1.29, 1.82) is 0 Å². The molecule has 1 amide bonds. The molecule has 2 N–H and O–H groups in total. The van der Waals surface area contributed by atoms with Gasteiger partial charge in [-0.1, -0.05) is 37.5 Å². The highest BCUT2D eigenvalue weighted by atomic mass is 16.3. The van der Waals surface area contributed by atoms with Gasteiger partial charge in [0.25, 0.3) is 0 Å². The molecule has 1 unspecified atom stereocenters. The van der Waals surface area contributed by atoms with E-state index < -0.39 is 0 Å². The van der Waals surface area contributed by atoms with Gasteiger partial charge in [0, 0.05) is 24.7 Å². The van der Waals surface area contributed by atoms with Crippen LogP contribution in [0.4, 0.5) is 5.69 Å². The maximum atomic E-state index is 12.3. The van der Waals surface area contributed by atoms with E-state index in [9.17, 15) is 9.90 Å². The summed E-state index contributed by atoms with van der Waals surface area (Å²) < 4.78 is 0. The number of nitrogens with zero attached hydrogens (tertiary/aromatic N) is 1. The monoisotopic (exact) mass is 346 g/mol. The van der Waals surface area contributed by atoms with Crippen LogP contribution in [0.2, 0.25) is 0 Å². The summed E-state index contributed by atoms with van der Waals surface area (Å²) in [4.78, 5) is 14.7. The molecule has 1 aliphatic rings. The van der Waals surface area contributed by atoms with Crippen LogP contribution in [0.3, 0.4) is 0 Å². The van der Waals surface area contributed by atoms with Crippen molar-refractivity contribution in [2.45, 2.75) is 77.9 Å². The second-order valence-corrected chi connectivity index (χ2v) is 7.55. The molecular formula is C21H34N2O2. The van der Waals surface area contributed by atoms with E-state index in [4.69, 9.17) is 0 Å². The Balaban J connectivity index is 1.82. The molecule has 0 saturated heterocycles. The molecule has 1 aromatic rings. The summed E-state index contributed by atoms with van der Waals surface area (Å²) in [7, 11) is 0.